The van der Waals surface area contributed by atoms with Crippen molar-refractivity contribution in [3.63, 3.8) is 0 Å². The maximum atomic E-state index is 11.5. The van der Waals surface area contributed by atoms with Crippen LogP contribution in [0.15, 0.2) is 24.3 Å². The van der Waals surface area contributed by atoms with Gasteiger partial charge >= 0.3 is 6.09 Å². The van der Waals surface area contributed by atoms with E-state index in [1.54, 1.807) is 7.05 Å². The molecule has 0 bridgehead atoms. The van der Waals surface area contributed by atoms with Crippen molar-refractivity contribution in [2.24, 2.45) is 5.73 Å². The van der Waals surface area contributed by atoms with Crippen molar-refractivity contribution in [2.45, 2.75) is 26.4 Å². The summed E-state index contributed by atoms with van der Waals surface area (Å²) in [5, 5.41) is 5.78. The lowest BCUT2D eigenvalue weighted by atomic mass is 10.2. The van der Waals surface area contributed by atoms with Crippen LogP contribution in [0.1, 0.15) is 31.1 Å². The molecule has 26 heavy (non-hydrogen) atoms. The topological polar surface area (TPSA) is 96.7 Å². The van der Waals surface area contributed by atoms with Crippen LogP contribution in [0, 0.1) is 3.57 Å². The molecule has 0 aromatic heterocycles. The number of nitrogens with zero attached hydrogens (tertiary/aromatic N) is 1. The Morgan fingerprint density at radius 1 is 1.19 bits per heavy atom. The van der Waals surface area contributed by atoms with Gasteiger partial charge in [0.15, 0.2) is 0 Å². The van der Waals surface area contributed by atoms with Crippen LogP contribution in [0.4, 0.5) is 4.79 Å². The van der Waals surface area contributed by atoms with E-state index < -0.39 is 5.60 Å². The van der Waals surface area contributed by atoms with Crippen LogP contribution >= 0.6 is 22.6 Å². The Kier molecular flexibility index (Phi) is 12.2. The maximum Gasteiger partial charge on any atom is 0.410 e. The largest absolute Gasteiger partial charge is 0.444 e. The number of nitrogens with one attached hydrogen (secondary N) is 2. The number of benzene rings is 1. The van der Waals surface area contributed by atoms with E-state index in [0.717, 1.165) is 10.1 Å². The van der Waals surface area contributed by atoms with E-state index in [1.807, 2.05) is 52.1 Å². The molecule has 0 heterocycles. The summed E-state index contributed by atoms with van der Waals surface area (Å²) in [6, 6.07) is 7.51. The van der Waals surface area contributed by atoms with Crippen LogP contribution in [0.3, 0.4) is 0 Å². The summed E-state index contributed by atoms with van der Waals surface area (Å²) >= 11 is 2.21. The lowest BCUT2D eigenvalue weighted by Gasteiger charge is -2.24. The van der Waals surface area contributed by atoms with E-state index in [-0.39, 0.29) is 12.0 Å². The Morgan fingerprint density at radius 2 is 1.77 bits per heavy atom. The van der Waals surface area contributed by atoms with E-state index in [2.05, 4.69) is 33.2 Å². The third-order valence-corrected chi connectivity index (χ3v) is 3.66. The first-order valence-electron chi connectivity index (χ1n) is 8.43. The van der Waals surface area contributed by atoms with Crippen LogP contribution in [-0.2, 0) is 4.74 Å². The van der Waals surface area contributed by atoms with Crippen LogP contribution in [0.5, 0.6) is 0 Å². The lowest BCUT2D eigenvalue weighted by Crippen LogP contribution is -2.36. The number of hydrogen-bond donors (Lipinski definition) is 3. The summed E-state index contributed by atoms with van der Waals surface area (Å²) in [5.41, 5.74) is 5.56. The van der Waals surface area contributed by atoms with Crippen LogP contribution in [-0.4, -0.2) is 62.8 Å². The Labute approximate surface area is 170 Å². The van der Waals surface area contributed by atoms with Gasteiger partial charge in [0.2, 0.25) is 0 Å². The minimum absolute atomic E-state index is 0.0170. The van der Waals surface area contributed by atoms with Gasteiger partial charge in [0.1, 0.15) is 5.60 Å². The van der Waals surface area contributed by atoms with Crippen molar-refractivity contribution < 1.29 is 14.3 Å². The Morgan fingerprint density at radius 3 is 2.23 bits per heavy atom. The number of likely N-dealkylation sites (N-methyl/N-ethyl adjacent to an activating group) is 2. The van der Waals surface area contributed by atoms with Crippen molar-refractivity contribution >= 4 is 34.6 Å². The van der Waals surface area contributed by atoms with Gasteiger partial charge < -0.3 is 26.0 Å². The van der Waals surface area contributed by atoms with Crippen molar-refractivity contribution in [3.05, 3.63) is 33.4 Å². The minimum Gasteiger partial charge on any atom is -0.444 e. The maximum absolute atomic E-state index is 11.5. The molecule has 0 aliphatic rings. The molecule has 0 aliphatic carbocycles. The number of halogens is 1. The molecule has 0 unspecified atom stereocenters. The first-order valence-corrected chi connectivity index (χ1v) is 9.51. The lowest BCUT2D eigenvalue weighted by molar-refractivity contribution is 0.0303. The number of carbonyl (C=O) groups excluding carboxylic acids is 2. The molecule has 148 valence electrons. The van der Waals surface area contributed by atoms with Gasteiger partial charge in [0.25, 0.3) is 5.91 Å². The molecule has 2 amide bonds. The molecule has 1 aromatic carbocycles. The summed E-state index contributed by atoms with van der Waals surface area (Å²) in [6.07, 6.45) is -0.326. The molecule has 0 radical (unpaired) electrons. The van der Waals surface area contributed by atoms with Crippen molar-refractivity contribution in [1.29, 1.82) is 0 Å². The zero-order valence-electron chi connectivity index (χ0n) is 16.3. The number of nitrogens with two attached hydrogens (primary N) is 1. The molecule has 0 saturated carbocycles. The summed E-state index contributed by atoms with van der Waals surface area (Å²) in [7, 11) is 3.53. The van der Waals surface area contributed by atoms with E-state index in [4.69, 9.17) is 10.5 Å². The summed E-state index contributed by atoms with van der Waals surface area (Å²) in [5.74, 6) is -0.0170. The van der Waals surface area contributed by atoms with Gasteiger partial charge in [0.05, 0.1) is 0 Å². The fourth-order valence-corrected chi connectivity index (χ4v) is 1.99. The highest BCUT2D eigenvalue weighted by Crippen LogP contribution is 2.08. The first kappa shape index (κ1) is 24.6. The highest BCUT2D eigenvalue weighted by molar-refractivity contribution is 14.1. The number of amides is 2. The molecule has 0 saturated heterocycles. The van der Waals surface area contributed by atoms with Crippen molar-refractivity contribution in [2.75, 3.05) is 40.3 Å². The van der Waals surface area contributed by atoms with Crippen molar-refractivity contribution in [1.82, 2.24) is 15.5 Å². The fourth-order valence-electron chi connectivity index (χ4n) is 1.63. The molecular weight excluding hydrogens is 447 g/mol. The number of rotatable bonds is 6. The van der Waals surface area contributed by atoms with E-state index in [9.17, 15) is 9.59 Å². The Hall–Kier alpha value is -1.39. The standard InChI is InChI=1S/C10H13IN2O.C8H18N2O2/c1-12-6-7-13-10(14)8-2-4-9(11)5-3-8;1-8(2,3)12-7(11)10(4)6-5-9/h2-5,12H,6-7H2,1H3,(H,13,14);5-6,9H2,1-4H3. The Balaban J connectivity index is 0.000000488. The highest BCUT2D eigenvalue weighted by atomic mass is 127. The highest BCUT2D eigenvalue weighted by Gasteiger charge is 2.18. The molecule has 0 atom stereocenters. The average molecular weight is 478 g/mol. The molecule has 0 spiro atoms. The van der Waals surface area contributed by atoms with Gasteiger partial charge in [-0.3, -0.25) is 4.79 Å². The zero-order chi connectivity index (χ0) is 20.2. The van der Waals surface area contributed by atoms with Crippen molar-refractivity contribution in [3.8, 4) is 0 Å². The second-order valence-electron chi connectivity index (χ2n) is 6.56. The first-order chi connectivity index (χ1) is 12.1. The fraction of sp³-hybridized carbons (Fsp3) is 0.556. The molecule has 0 fully saturated rings. The van der Waals surface area contributed by atoms with Gasteiger partial charge in [-0.2, -0.15) is 0 Å². The predicted octanol–water partition coefficient (Wildman–Crippen LogP) is 2.05. The summed E-state index contributed by atoms with van der Waals surface area (Å²) in [4.78, 5) is 24.1. The Bertz CT molecular complexity index is 544. The summed E-state index contributed by atoms with van der Waals surface area (Å²) in [6.45, 7) is 7.92. The van der Waals surface area contributed by atoms with Crippen LogP contribution < -0.4 is 16.4 Å². The van der Waals surface area contributed by atoms with E-state index in [0.29, 0.717) is 25.2 Å². The van der Waals surface area contributed by atoms with E-state index in [1.165, 1.54) is 4.90 Å². The molecule has 7 nitrogen and oxygen atoms in total. The molecule has 4 N–H and O–H groups in total. The average Bonchev–Trinajstić information content (AvgIpc) is 2.55. The monoisotopic (exact) mass is 478 g/mol. The third-order valence-electron chi connectivity index (χ3n) is 2.94. The molecular formula is C18H31IN4O3. The number of ether oxygens (including phenoxy) is 1. The molecule has 1 aromatic rings. The molecule has 1 rings (SSSR count). The summed E-state index contributed by atoms with van der Waals surface area (Å²) < 4.78 is 6.22. The van der Waals surface area contributed by atoms with Crippen LogP contribution in [0.2, 0.25) is 0 Å². The van der Waals surface area contributed by atoms with E-state index >= 15 is 0 Å². The van der Waals surface area contributed by atoms with Gasteiger partial charge in [-0.15, -0.1) is 0 Å². The third kappa shape index (κ3) is 12.0. The second kappa shape index (κ2) is 12.9. The SMILES string of the molecule is CN(CCN)C(=O)OC(C)(C)C.CNCCNC(=O)c1ccc(I)cc1. The van der Waals surface area contributed by atoms with Gasteiger partial charge in [-0.1, -0.05) is 0 Å². The zero-order valence-corrected chi connectivity index (χ0v) is 18.4. The minimum atomic E-state index is -0.431. The molecule has 0 aliphatic heterocycles. The predicted molar refractivity (Wildman–Crippen MR) is 113 cm³/mol. The smallest absolute Gasteiger partial charge is 0.410 e. The molecule has 8 heteroatoms. The van der Waals surface area contributed by atoms with Gasteiger partial charge in [0, 0.05) is 42.4 Å². The van der Waals surface area contributed by atoms with Gasteiger partial charge in [-0.25, -0.2) is 4.79 Å². The quantitative estimate of drug-likeness (QED) is 0.430. The number of carbonyl (C=O) groups is 2. The second-order valence-corrected chi connectivity index (χ2v) is 7.80. The number of hydrogen-bond acceptors (Lipinski definition) is 5. The van der Waals surface area contributed by atoms with Crippen LogP contribution in [0.25, 0.3) is 0 Å². The normalized spacial score (nSPS) is 10.4. The van der Waals surface area contributed by atoms with Gasteiger partial charge in [-0.05, 0) is 74.7 Å².